The van der Waals surface area contributed by atoms with Gasteiger partial charge in [0.25, 0.3) is 0 Å². The van der Waals surface area contributed by atoms with E-state index in [1.807, 2.05) is 0 Å². The minimum Gasteiger partial charge on any atom is -0.288 e. The van der Waals surface area contributed by atoms with E-state index in [9.17, 15) is 26.8 Å². The fraction of sp³-hybridized carbons (Fsp3) is 0.222. The molecule has 19 heavy (non-hydrogen) atoms. The summed E-state index contributed by atoms with van der Waals surface area (Å²) >= 11 is 0. The summed E-state index contributed by atoms with van der Waals surface area (Å²) in [7, 11) is -4.58. The molecule has 1 aromatic rings. The fourth-order valence-corrected chi connectivity index (χ4v) is 2.40. The van der Waals surface area contributed by atoms with E-state index in [2.05, 4.69) is 4.99 Å². The normalized spacial score (nSPS) is 15.5. The summed E-state index contributed by atoms with van der Waals surface area (Å²) in [4.78, 5) is 2.58. The zero-order valence-corrected chi connectivity index (χ0v) is 10.0. The molecule has 0 saturated heterocycles. The number of fused-ring (bicyclic) bond motifs is 1. The van der Waals surface area contributed by atoms with Crippen molar-refractivity contribution in [1.82, 2.24) is 0 Å². The van der Waals surface area contributed by atoms with E-state index in [-0.39, 0.29) is 17.9 Å². The van der Waals surface area contributed by atoms with Gasteiger partial charge in [0, 0.05) is 6.21 Å². The van der Waals surface area contributed by atoms with E-state index in [0.29, 0.717) is 17.2 Å². The van der Waals surface area contributed by atoms with Gasteiger partial charge in [-0.3, -0.25) is 10.2 Å². The average molecular weight is 295 g/mol. The number of hydroxylamine groups is 1. The van der Waals surface area contributed by atoms with Gasteiger partial charge < -0.3 is 0 Å². The topological polar surface area (TPSA) is 96.0 Å². The Hall–Kier alpha value is -1.65. The van der Waals surface area contributed by atoms with Crippen LogP contribution in [0, 0.1) is 0 Å². The van der Waals surface area contributed by atoms with Crippen LogP contribution in [-0.4, -0.2) is 26.4 Å². The van der Waals surface area contributed by atoms with E-state index < -0.39 is 26.7 Å². The van der Waals surface area contributed by atoms with E-state index in [1.54, 1.807) is 0 Å². The van der Waals surface area contributed by atoms with Crippen molar-refractivity contribution in [3.63, 3.8) is 0 Å². The summed E-state index contributed by atoms with van der Waals surface area (Å²) in [5.41, 5.74) is -1.76. The lowest BCUT2D eigenvalue weighted by molar-refractivity contribution is -0.139. The maximum atomic E-state index is 12.8. The van der Waals surface area contributed by atoms with Crippen molar-refractivity contribution in [3.8, 4) is 0 Å². The molecule has 0 spiro atoms. The first-order valence-electron chi connectivity index (χ1n) is 4.87. The van der Waals surface area contributed by atoms with Crippen LogP contribution >= 0.6 is 0 Å². The van der Waals surface area contributed by atoms with Crippen LogP contribution in [-0.2, 0) is 16.2 Å². The first-order chi connectivity index (χ1) is 8.60. The number of hydrogen-bond donors (Lipinski definition) is 2. The minimum absolute atomic E-state index is 0.0670. The number of hydrogen-bond acceptors (Lipinski definition) is 5. The Bertz CT molecular complexity index is 655. The largest absolute Gasteiger partial charge is 0.417 e. The van der Waals surface area contributed by atoms with Gasteiger partial charge in [-0.05, 0) is 12.1 Å². The second-order valence-electron chi connectivity index (χ2n) is 3.77. The molecule has 1 aliphatic rings. The monoisotopic (exact) mass is 295 g/mol. The molecule has 0 aromatic heterocycles. The number of nitrogens with two attached hydrogens (primary N) is 1. The van der Waals surface area contributed by atoms with E-state index >= 15 is 0 Å². The van der Waals surface area contributed by atoms with Crippen molar-refractivity contribution in [2.45, 2.75) is 11.1 Å². The number of nitrogens with zero attached hydrogens (tertiary/aromatic N) is 2. The molecule has 2 rings (SSSR count). The molecule has 0 atom stereocenters. The highest BCUT2D eigenvalue weighted by molar-refractivity contribution is 7.89. The number of sulfonamides is 1. The van der Waals surface area contributed by atoms with E-state index in [0.717, 1.165) is 0 Å². The number of halogens is 3. The highest BCUT2D eigenvalue weighted by Gasteiger charge is 2.38. The predicted molar refractivity (Wildman–Crippen MR) is 60.1 cm³/mol. The Kier molecular flexibility index (Phi) is 3.03. The molecule has 0 aliphatic carbocycles. The van der Waals surface area contributed by atoms with Crippen LogP contribution in [0.1, 0.15) is 5.56 Å². The highest BCUT2D eigenvalue weighted by Crippen LogP contribution is 2.41. The molecule has 0 amide bonds. The van der Waals surface area contributed by atoms with Gasteiger partial charge in [-0.1, -0.05) is 0 Å². The van der Waals surface area contributed by atoms with Gasteiger partial charge in [0.05, 0.1) is 28.4 Å². The Morgan fingerprint density at radius 1 is 1.37 bits per heavy atom. The summed E-state index contributed by atoms with van der Waals surface area (Å²) in [5, 5.41) is 14.8. The molecule has 6 nitrogen and oxygen atoms in total. The Morgan fingerprint density at radius 2 is 2.00 bits per heavy atom. The van der Waals surface area contributed by atoms with Crippen molar-refractivity contribution < 1.29 is 26.8 Å². The van der Waals surface area contributed by atoms with Crippen molar-refractivity contribution in [2.24, 2.45) is 10.1 Å². The molecule has 0 fully saturated rings. The number of primary sulfonamides is 1. The quantitative estimate of drug-likeness (QED) is 0.815. The predicted octanol–water partition coefficient (Wildman–Crippen LogP) is 1.26. The first-order valence-corrected chi connectivity index (χ1v) is 6.42. The van der Waals surface area contributed by atoms with Gasteiger partial charge in [-0.25, -0.2) is 18.6 Å². The maximum Gasteiger partial charge on any atom is 0.417 e. The molecule has 3 N–H and O–H groups in total. The molecule has 1 aromatic carbocycles. The third-order valence-electron chi connectivity index (χ3n) is 2.45. The second-order valence-corrected chi connectivity index (χ2v) is 5.30. The zero-order valence-electron chi connectivity index (χ0n) is 9.22. The molecule has 0 radical (unpaired) electrons. The van der Waals surface area contributed by atoms with E-state index in [1.165, 1.54) is 6.21 Å². The number of aliphatic imine (C=N–C) groups is 1. The molecule has 0 saturated carbocycles. The molecule has 10 heteroatoms. The van der Waals surface area contributed by atoms with Crippen LogP contribution in [0.4, 0.5) is 24.5 Å². The SMILES string of the molecule is NS(=O)(=O)c1cc2c(cc1C(F)(F)F)N=CCN2O. The lowest BCUT2D eigenvalue weighted by atomic mass is 10.1. The number of rotatable bonds is 1. The molecule has 1 aliphatic heterocycles. The molecule has 1 heterocycles. The second kappa shape index (κ2) is 4.18. The van der Waals surface area contributed by atoms with Crippen LogP contribution in [0.3, 0.4) is 0 Å². The number of anilines is 1. The lowest BCUT2D eigenvalue weighted by Gasteiger charge is -2.23. The number of benzene rings is 1. The number of alkyl halides is 3. The lowest BCUT2D eigenvalue weighted by Crippen LogP contribution is -2.25. The fourth-order valence-electron chi connectivity index (χ4n) is 1.64. The van der Waals surface area contributed by atoms with Gasteiger partial charge in [0.2, 0.25) is 10.0 Å². The Balaban J connectivity index is 2.79. The van der Waals surface area contributed by atoms with Gasteiger partial charge in [0.1, 0.15) is 0 Å². The maximum absolute atomic E-state index is 12.8. The van der Waals surface area contributed by atoms with Crippen molar-refractivity contribution >= 4 is 27.6 Å². The smallest absolute Gasteiger partial charge is 0.288 e. The molecule has 0 bridgehead atoms. The molecule has 104 valence electrons. The van der Waals surface area contributed by atoms with Gasteiger partial charge in [-0.2, -0.15) is 13.2 Å². The molecule has 0 unspecified atom stereocenters. The van der Waals surface area contributed by atoms with Gasteiger partial charge in [-0.15, -0.1) is 0 Å². The standard InChI is InChI=1S/C9H8F3N3O3S/c10-9(11,12)5-3-6-7(15(16)2-1-14-6)4-8(5)19(13,17)18/h1,3-4,16H,2H2,(H2,13,17,18). The van der Waals surface area contributed by atoms with Crippen LogP contribution in [0.5, 0.6) is 0 Å². The highest BCUT2D eigenvalue weighted by atomic mass is 32.2. The van der Waals surface area contributed by atoms with Crippen molar-refractivity contribution in [2.75, 3.05) is 11.6 Å². The van der Waals surface area contributed by atoms with Gasteiger partial charge in [0.15, 0.2) is 0 Å². The first kappa shape index (κ1) is 13.8. The zero-order chi connectivity index (χ0) is 14.4. The molecular weight excluding hydrogens is 287 g/mol. The van der Waals surface area contributed by atoms with Gasteiger partial charge >= 0.3 is 6.18 Å². The van der Waals surface area contributed by atoms with E-state index in [4.69, 9.17) is 5.14 Å². The average Bonchev–Trinajstić information content (AvgIpc) is 2.25. The summed E-state index contributed by atoms with van der Waals surface area (Å²) < 4.78 is 60.9. The summed E-state index contributed by atoms with van der Waals surface area (Å²) in [6.45, 7) is -0.0670. The Morgan fingerprint density at radius 3 is 2.53 bits per heavy atom. The van der Waals surface area contributed by atoms with Crippen molar-refractivity contribution in [3.05, 3.63) is 17.7 Å². The third kappa shape index (κ3) is 2.55. The summed E-state index contributed by atoms with van der Waals surface area (Å²) in [5.74, 6) is 0. The Labute approximate surface area is 106 Å². The van der Waals surface area contributed by atoms with Crippen LogP contribution in [0.25, 0.3) is 0 Å². The minimum atomic E-state index is -4.90. The van der Waals surface area contributed by atoms with Crippen LogP contribution in [0.15, 0.2) is 22.0 Å². The summed E-state index contributed by atoms with van der Waals surface area (Å²) in [6.07, 6.45) is -3.71. The summed E-state index contributed by atoms with van der Waals surface area (Å²) in [6, 6.07) is 1.19. The van der Waals surface area contributed by atoms with Crippen LogP contribution in [0.2, 0.25) is 0 Å². The van der Waals surface area contributed by atoms with Crippen LogP contribution < -0.4 is 10.2 Å². The van der Waals surface area contributed by atoms with Crippen molar-refractivity contribution in [1.29, 1.82) is 0 Å². The molecular formula is C9H8F3N3O3S. The third-order valence-corrected chi connectivity index (χ3v) is 3.40.